The average molecular weight is 512 g/mol. The van der Waals surface area contributed by atoms with E-state index in [0.29, 0.717) is 27.0 Å². The van der Waals surface area contributed by atoms with Crippen LogP contribution in [-0.2, 0) is 9.53 Å². The summed E-state index contributed by atoms with van der Waals surface area (Å²) in [6.45, 7) is 8.20. The molecule has 0 aliphatic carbocycles. The minimum Gasteiger partial charge on any atom is -0.466 e. The Bertz CT molecular complexity index is 1720. The third-order valence-electron chi connectivity index (χ3n) is 6.88. The maximum atomic E-state index is 13.9. The molecule has 0 fully saturated rings. The van der Waals surface area contributed by atoms with Crippen molar-refractivity contribution in [2.24, 2.45) is 4.99 Å². The minimum atomic E-state index is -0.596. The second kappa shape index (κ2) is 9.82. The van der Waals surface area contributed by atoms with Gasteiger partial charge in [-0.3, -0.25) is 9.36 Å². The molecule has 0 bridgehead atoms. The van der Waals surface area contributed by atoms with Gasteiger partial charge in [-0.2, -0.15) is 0 Å². The zero-order valence-electron chi connectivity index (χ0n) is 21.6. The summed E-state index contributed by atoms with van der Waals surface area (Å²) in [6.07, 6.45) is 2.49. The van der Waals surface area contributed by atoms with Crippen LogP contribution in [0.3, 0.4) is 0 Å². The second-order valence-electron chi connectivity index (χ2n) is 9.15. The molecule has 188 valence electrons. The van der Waals surface area contributed by atoms with Crippen molar-refractivity contribution < 1.29 is 9.53 Å². The molecule has 2 aromatic heterocycles. The van der Waals surface area contributed by atoms with Gasteiger partial charge in [0.05, 0.1) is 29.0 Å². The van der Waals surface area contributed by atoms with Crippen molar-refractivity contribution in [2.75, 3.05) is 7.11 Å². The van der Waals surface area contributed by atoms with E-state index in [1.807, 2.05) is 55.5 Å². The van der Waals surface area contributed by atoms with Gasteiger partial charge in [-0.15, -0.1) is 0 Å². The Labute approximate surface area is 219 Å². The number of carbonyl (C=O) groups is 1. The van der Waals surface area contributed by atoms with Gasteiger partial charge in [0.2, 0.25) is 0 Å². The van der Waals surface area contributed by atoms with Gasteiger partial charge >= 0.3 is 5.97 Å². The first-order valence-corrected chi connectivity index (χ1v) is 13.1. The first-order chi connectivity index (χ1) is 17.8. The lowest BCUT2D eigenvalue weighted by Gasteiger charge is -2.25. The SMILES string of the molecule is CCC1=C(C(=O)OC)[C@H](c2ccccc2)n2c(s/c(=C\c3cc(C)n(-c4ccccc4C)c3C)c2=O)=N1. The lowest BCUT2D eigenvalue weighted by Crippen LogP contribution is -2.40. The van der Waals surface area contributed by atoms with Gasteiger partial charge < -0.3 is 9.30 Å². The van der Waals surface area contributed by atoms with Crippen LogP contribution in [0.25, 0.3) is 11.8 Å². The molecule has 4 aromatic rings. The van der Waals surface area contributed by atoms with Crippen LogP contribution in [0, 0.1) is 20.8 Å². The topological polar surface area (TPSA) is 65.6 Å². The normalized spacial score (nSPS) is 15.5. The van der Waals surface area contributed by atoms with Gasteiger partial charge in [-0.1, -0.05) is 66.8 Å². The number of carbonyl (C=O) groups excluding carboxylic acids is 1. The van der Waals surface area contributed by atoms with Gasteiger partial charge in [0.15, 0.2) is 4.80 Å². The largest absolute Gasteiger partial charge is 0.466 e. The van der Waals surface area contributed by atoms with Gasteiger partial charge in [-0.05, 0) is 62.1 Å². The van der Waals surface area contributed by atoms with E-state index in [1.54, 1.807) is 4.57 Å². The number of ether oxygens (including phenoxy) is 1. The third kappa shape index (κ3) is 4.19. The first-order valence-electron chi connectivity index (χ1n) is 12.3. The Kier molecular flexibility index (Phi) is 6.56. The van der Waals surface area contributed by atoms with E-state index in [-0.39, 0.29) is 5.56 Å². The zero-order valence-corrected chi connectivity index (χ0v) is 22.4. The van der Waals surface area contributed by atoms with E-state index in [0.717, 1.165) is 28.2 Å². The minimum absolute atomic E-state index is 0.171. The maximum absolute atomic E-state index is 13.9. The van der Waals surface area contributed by atoms with Gasteiger partial charge in [0.1, 0.15) is 0 Å². The number of nitrogens with zero attached hydrogens (tertiary/aromatic N) is 3. The van der Waals surface area contributed by atoms with Crippen LogP contribution in [0.15, 0.2) is 81.7 Å². The number of hydrogen-bond donors (Lipinski definition) is 0. The van der Waals surface area contributed by atoms with Crippen LogP contribution in [0.2, 0.25) is 0 Å². The van der Waals surface area contributed by atoms with Crippen LogP contribution in [0.1, 0.15) is 47.5 Å². The Balaban J connectivity index is 1.73. The molecule has 6 nitrogen and oxygen atoms in total. The number of fused-ring (bicyclic) bond motifs is 1. The van der Waals surface area contributed by atoms with E-state index >= 15 is 0 Å². The van der Waals surface area contributed by atoms with Crippen LogP contribution in [0.5, 0.6) is 0 Å². The monoisotopic (exact) mass is 511 g/mol. The highest BCUT2D eigenvalue weighted by molar-refractivity contribution is 7.07. The van der Waals surface area contributed by atoms with Crippen LogP contribution < -0.4 is 14.9 Å². The molecule has 1 aliphatic heterocycles. The molecule has 0 unspecified atom stereocenters. The molecular formula is C30H29N3O3S. The predicted molar refractivity (Wildman–Crippen MR) is 147 cm³/mol. The summed E-state index contributed by atoms with van der Waals surface area (Å²) in [5.74, 6) is -0.467. The molecule has 1 atom stereocenters. The summed E-state index contributed by atoms with van der Waals surface area (Å²) in [7, 11) is 1.36. The number of aromatic nitrogens is 2. The molecule has 0 saturated carbocycles. The number of esters is 1. The van der Waals surface area contributed by atoms with Crippen molar-refractivity contribution in [3.63, 3.8) is 0 Å². The fourth-order valence-electron chi connectivity index (χ4n) is 5.07. The highest BCUT2D eigenvalue weighted by atomic mass is 32.1. The molecule has 7 heteroatoms. The molecule has 1 aliphatic rings. The molecule has 2 aromatic carbocycles. The van der Waals surface area contributed by atoms with Crippen molar-refractivity contribution >= 4 is 23.4 Å². The van der Waals surface area contributed by atoms with E-state index in [4.69, 9.17) is 9.73 Å². The van der Waals surface area contributed by atoms with Gasteiger partial charge in [0.25, 0.3) is 5.56 Å². The van der Waals surface area contributed by atoms with Gasteiger partial charge in [-0.25, -0.2) is 9.79 Å². The van der Waals surface area contributed by atoms with E-state index < -0.39 is 12.0 Å². The molecular weight excluding hydrogens is 482 g/mol. The fraction of sp³-hybridized carbons (Fsp3) is 0.233. The summed E-state index contributed by atoms with van der Waals surface area (Å²) < 4.78 is 9.56. The number of allylic oxidation sites excluding steroid dienone is 1. The summed E-state index contributed by atoms with van der Waals surface area (Å²) >= 11 is 1.35. The van der Waals surface area contributed by atoms with E-state index in [9.17, 15) is 9.59 Å². The number of aryl methyl sites for hydroxylation is 2. The Hall–Kier alpha value is -3.97. The molecule has 3 heterocycles. The first kappa shape index (κ1) is 24.7. The molecule has 0 radical (unpaired) electrons. The highest BCUT2D eigenvalue weighted by Gasteiger charge is 2.33. The number of para-hydroxylation sites is 1. The number of benzene rings is 2. The molecule has 37 heavy (non-hydrogen) atoms. The Morgan fingerprint density at radius 1 is 1.08 bits per heavy atom. The molecule has 0 amide bonds. The lowest BCUT2D eigenvalue weighted by atomic mass is 9.95. The van der Waals surface area contributed by atoms with Crippen LogP contribution in [-0.4, -0.2) is 22.2 Å². The van der Waals surface area contributed by atoms with Crippen molar-refractivity contribution in [2.45, 2.75) is 40.2 Å². The summed E-state index contributed by atoms with van der Waals surface area (Å²) in [5, 5.41) is 0. The second-order valence-corrected chi connectivity index (χ2v) is 10.2. The van der Waals surface area contributed by atoms with Crippen LogP contribution >= 0.6 is 11.3 Å². The molecule has 5 rings (SSSR count). The lowest BCUT2D eigenvalue weighted by molar-refractivity contribution is -0.136. The van der Waals surface area contributed by atoms with Crippen LogP contribution in [0.4, 0.5) is 0 Å². The maximum Gasteiger partial charge on any atom is 0.338 e. The van der Waals surface area contributed by atoms with Gasteiger partial charge in [0, 0.05) is 17.1 Å². The average Bonchev–Trinajstić information content (AvgIpc) is 3.37. The van der Waals surface area contributed by atoms with Crippen molar-refractivity contribution in [1.29, 1.82) is 0 Å². The molecule has 0 spiro atoms. The summed E-state index contributed by atoms with van der Waals surface area (Å²) in [6, 6.07) is 19.4. The number of hydrogen-bond acceptors (Lipinski definition) is 5. The summed E-state index contributed by atoms with van der Waals surface area (Å²) in [5.41, 5.74) is 7.16. The molecule has 0 saturated heterocycles. The number of rotatable bonds is 5. The van der Waals surface area contributed by atoms with E-state index in [2.05, 4.69) is 43.5 Å². The highest BCUT2D eigenvalue weighted by Crippen LogP contribution is 2.31. The predicted octanol–water partition coefficient (Wildman–Crippen LogP) is 4.51. The Morgan fingerprint density at radius 2 is 1.78 bits per heavy atom. The number of methoxy groups -OCH3 is 1. The fourth-order valence-corrected chi connectivity index (χ4v) is 6.09. The summed E-state index contributed by atoms with van der Waals surface area (Å²) in [4.78, 5) is 32.1. The quantitative estimate of drug-likeness (QED) is 0.370. The third-order valence-corrected chi connectivity index (χ3v) is 7.86. The van der Waals surface area contributed by atoms with Crippen molar-refractivity contribution in [3.8, 4) is 5.69 Å². The zero-order chi connectivity index (χ0) is 26.3. The molecule has 0 N–H and O–H groups in total. The van der Waals surface area contributed by atoms with E-state index in [1.165, 1.54) is 24.0 Å². The standard InChI is InChI=1S/C30H29N3O3S/c1-6-23-26(29(35)36-5)27(21-13-8-7-9-14-21)33-28(34)25(37-30(33)31-23)17-22-16-19(3)32(20(22)4)24-15-11-10-12-18(24)2/h7-17,27H,6H2,1-5H3/b25-17-/t27-/m0/s1. The van der Waals surface area contributed by atoms with Crippen molar-refractivity contribution in [3.05, 3.63) is 120 Å². The number of thiazole rings is 1. The Morgan fingerprint density at radius 3 is 2.46 bits per heavy atom. The smallest absolute Gasteiger partial charge is 0.338 e. The van der Waals surface area contributed by atoms with Crippen molar-refractivity contribution in [1.82, 2.24) is 9.13 Å².